The van der Waals surface area contributed by atoms with Gasteiger partial charge in [0.15, 0.2) is 0 Å². The third-order valence-electron chi connectivity index (χ3n) is 2.97. The minimum atomic E-state index is -0.293. The number of anilines is 1. The first-order valence-corrected chi connectivity index (χ1v) is 6.69. The van der Waals surface area contributed by atoms with E-state index >= 15 is 0 Å². The highest BCUT2D eigenvalue weighted by Gasteiger charge is 2.02. The summed E-state index contributed by atoms with van der Waals surface area (Å²) < 4.78 is 19.6. The van der Waals surface area contributed by atoms with Crippen LogP contribution in [-0.4, -0.2) is 30.5 Å². The molecule has 0 bridgehead atoms. The molecule has 21 heavy (non-hydrogen) atoms. The highest BCUT2D eigenvalue weighted by atomic mass is 19.1. The molecule has 1 heterocycles. The Bertz CT molecular complexity index is 638. The number of ether oxygens (including phenoxy) is 1. The van der Waals surface area contributed by atoms with Crippen molar-refractivity contribution in [3.05, 3.63) is 52.7 Å². The molecule has 0 spiro atoms. The maximum absolute atomic E-state index is 12.7. The van der Waals surface area contributed by atoms with E-state index in [1.807, 2.05) is 19.0 Å². The molecule has 0 saturated carbocycles. The van der Waals surface area contributed by atoms with Gasteiger partial charge < -0.3 is 9.64 Å². The number of benzene rings is 1. The van der Waals surface area contributed by atoms with Crippen molar-refractivity contribution in [1.29, 1.82) is 0 Å². The van der Waals surface area contributed by atoms with Crippen molar-refractivity contribution in [1.82, 2.24) is 9.78 Å². The molecule has 1 aromatic carbocycles. The summed E-state index contributed by atoms with van der Waals surface area (Å²) in [4.78, 5) is 13.7. The van der Waals surface area contributed by atoms with Gasteiger partial charge in [0, 0.05) is 33.1 Å². The van der Waals surface area contributed by atoms with Gasteiger partial charge in [-0.2, -0.15) is 5.10 Å². The van der Waals surface area contributed by atoms with Gasteiger partial charge in [0.05, 0.1) is 18.5 Å². The highest BCUT2D eigenvalue weighted by Crippen LogP contribution is 2.11. The standard InChI is InChI=1S/C15H18FN3O2/c1-18(2)13-10-15(20)19(17-11-13)8-3-9-21-14-6-4-12(16)5-7-14/h4-7,10-11H,3,8-9H2,1-2H3. The van der Waals surface area contributed by atoms with Gasteiger partial charge in [0.2, 0.25) is 0 Å². The Balaban J connectivity index is 1.83. The lowest BCUT2D eigenvalue weighted by atomic mass is 10.3. The molecule has 0 fully saturated rings. The molecule has 0 aliphatic rings. The lowest BCUT2D eigenvalue weighted by molar-refractivity contribution is 0.296. The Labute approximate surface area is 122 Å². The average molecular weight is 291 g/mol. The largest absolute Gasteiger partial charge is 0.494 e. The second kappa shape index (κ2) is 6.88. The molecule has 0 unspecified atom stereocenters. The van der Waals surface area contributed by atoms with Crippen LogP contribution in [0.15, 0.2) is 41.3 Å². The van der Waals surface area contributed by atoms with Crippen LogP contribution < -0.4 is 15.2 Å². The number of hydrogen-bond donors (Lipinski definition) is 0. The molecule has 0 amide bonds. The van der Waals surface area contributed by atoms with Crippen LogP contribution >= 0.6 is 0 Å². The maximum atomic E-state index is 12.7. The molecule has 0 radical (unpaired) electrons. The summed E-state index contributed by atoms with van der Waals surface area (Å²) in [6.07, 6.45) is 2.30. The molecule has 2 aromatic rings. The van der Waals surface area contributed by atoms with Crippen molar-refractivity contribution < 1.29 is 9.13 Å². The topological polar surface area (TPSA) is 47.4 Å². The second-order valence-electron chi connectivity index (χ2n) is 4.83. The summed E-state index contributed by atoms with van der Waals surface area (Å²) in [6.45, 7) is 0.920. The fraction of sp³-hybridized carbons (Fsp3) is 0.333. The minimum absolute atomic E-state index is 0.136. The molecule has 112 valence electrons. The van der Waals surface area contributed by atoms with Gasteiger partial charge in [0.25, 0.3) is 5.56 Å². The van der Waals surface area contributed by atoms with Crippen LogP contribution in [0.3, 0.4) is 0 Å². The molecule has 0 aliphatic carbocycles. The molecular weight excluding hydrogens is 273 g/mol. The summed E-state index contributed by atoms with van der Waals surface area (Å²) in [5.74, 6) is 0.318. The number of rotatable bonds is 6. The third kappa shape index (κ3) is 4.30. The van der Waals surface area contributed by atoms with Gasteiger partial charge in [0.1, 0.15) is 11.6 Å². The van der Waals surface area contributed by atoms with E-state index in [0.717, 1.165) is 5.69 Å². The molecule has 5 nitrogen and oxygen atoms in total. The van der Waals surface area contributed by atoms with Crippen LogP contribution in [0.25, 0.3) is 0 Å². The average Bonchev–Trinajstić information content (AvgIpc) is 2.46. The van der Waals surface area contributed by atoms with Crippen LogP contribution in [0, 0.1) is 5.82 Å². The van der Waals surface area contributed by atoms with E-state index in [4.69, 9.17) is 4.74 Å². The first kappa shape index (κ1) is 15.0. The third-order valence-corrected chi connectivity index (χ3v) is 2.97. The summed E-state index contributed by atoms with van der Waals surface area (Å²) in [5, 5.41) is 4.11. The second-order valence-corrected chi connectivity index (χ2v) is 4.83. The molecule has 2 rings (SSSR count). The quantitative estimate of drug-likeness (QED) is 0.763. The highest BCUT2D eigenvalue weighted by molar-refractivity contribution is 5.40. The van der Waals surface area contributed by atoms with E-state index in [2.05, 4.69) is 5.10 Å². The zero-order valence-corrected chi connectivity index (χ0v) is 12.1. The predicted octanol–water partition coefficient (Wildman–Crippen LogP) is 1.92. The van der Waals surface area contributed by atoms with Gasteiger partial charge in [-0.1, -0.05) is 0 Å². The lowest BCUT2D eigenvalue weighted by Crippen LogP contribution is -2.24. The molecular formula is C15H18FN3O2. The number of halogens is 1. The summed E-state index contributed by atoms with van der Waals surface area (Å²) in [5.41, 5.74) is 0.641. The van der Waals surface area contributed by atoms with E-state index < -0.39 is 0 Å². The Morgan fingerprint density at radius 2 is 2.00 bits per heavy atom. The number of hydrogen-bond acceptors (Lipinski definition) is 4. The normalized spacial score (nSPS) is 10.4. The lowest BCUT2D eigenvalue weighted by Gasteiger charge is -2.12. The van der Waals surface area contributed by atoms with Crippen molar-refractivity contribution in [2.45, 2.75) is 13.0 Å². The molecule has 0 N–H and O–H groups in total. The monoisotopic (exact) mass is 291 g/mol. The Kier molecular flexibility index (Phi) is 4.92. The summed E-state index contributed by atoms with van der Waals surface area (Å²) in [7, 11) is 3.72. The molecule has 6 heteroatoms. The van der Waals surface area contributed by atoms with Crippen molar-refractivity contribution >= 4 is 5.69 Å². The summed E-state index contributed by atoms with van der Waals surface area (Å²) >= 11 is 0. The van der Waals surface area contributed by atoms with Crippen molar-refractivity contribution in [3.8, 4) is 5.75 Å². The summed E-state index contributed by atoms with van der Waals surface area (Å²) in [6, 6.07) is 7.40. The molecule has 0 aliphatic heterocycles. The minimum Gasteiger partial charge on any atom is -0.494 e. The molecule has 1 aromatic heterocycles. The first-order chi connectivity index (χ1) is 10.1. The maximum Gasteiger partial charge on any atom is 0.268 e. The smallest absolute Gasteiger partial charge is 0.268 e. The van der Waals surface area contributed by atoms with Gasteiger partial charge in [-0.25, -0.2) is 9.07 Å². The first-order valence-electron chi connectivity index (χ1n) is 6.69. The van der Waals surface area contributed by atoms with Gasteiger partial charge in [-0.05, 0) is 24.3 Å². The fourth-order valence-corrected chi connectivity index (χ4v) is 1.77. The van der Waals surface area contributed by atoms with Gasteiger partial charge in [-0.3, -0.25) is 4.79 Å². The predicted molar refractivity (Wildman–Crippen MR) is 79.3 cm³/mol. The zero-order valence-electron chi connectivity index (χ0n) is 12.1. The molecule has 0 atom stereocenters. The van der Waals surface area contributed by atoms with E-state index in [-0.39, 0.29) is 11.4 Å². The van der Waals surface area contributed by atoms with E-state index in [1.54, 1.807) is 24.4 Å². The number of aromatic nitrogens is 2. The Morgan fingerprint density at radius 1 is 1.29 bits per heavy atom. The van der Waals surface area contributed by atoms with Gasteiger partial charge >= 0.3 is 0 Å². The Hall–Kier alpha value is -2.37. The molecule has 0 saturated heterocycles. The van der Waals surface area contributed by atoms with Crippen LogP contribution in [-0.2, 0) is 6.54 Å². The SMILES string of the molecule is CN(C)c1cnn(CCCOc2ccc(F)cc2)c(=O)c1. The van der Waals surface area contributed by atoms with Gasteiger partial charge in [-0.15, -0.1) is 0 Å². The zero-order chi connectivity index (χ0) is 15.2. The Morgan fingerprint density at radius 3 is 2.62 bits per heavy atom. The number of nitrogens with zero attached hydrogens (tertiary/aromatic N) is 3. The fourth-order valence-electron chi connectivity index (χ4n) is 1.77. The van der Waals surface area contributed by atoms with Crippen molar-refractivity contribution in [2.24, 2.45) is 0 Å². The van der Waals surface area contributed by atoms with Crippen molar-refractivity contribution in [2.75, 3.05) is 25.6 Å². The van der Waals surface area contributed by atoms with Crippen molar-refractivity contribution in [3.63, 3.8) is 0 Å². The van der Waals surface area contributed by atoms with E-state index in [0.29, 0.717) is 25.3 Å². The van der Waals surface area contributed by atoms with Crippen LogP contribution in [0.1, 0.15) is 6.42 Å². The van der Waals surface area contributed by atoms with Crippen LogP contribution in [0.4, 0.5) is 10.1 Å². The van der Waals surface area contributed by atoms with Crippen LogP contribution in [0.5, 0.6) is 5.75 Å². The van der Waals surface area contributed by atoms with Crippen LogP contribution in [0.2, 0.25) is 0 Å². The number of aryl methyl sites for hydroxylation is 1. The van der Waals surface area contributed by atoms with E-state index in [9.17, 15) is 9.18 Å². The van der Waals surface area contributed by atoms with E-state index in [1.165, 1.54) is 16.8 Å².